The maximum absolute atomic E-state index is 13.4. The third-order valence-corrected chi connectivity index (χ3v) is 4.92. The summed E-state index contributed by atoms with van der Waals surface area (Å²) >= 11 is 0.262. The second kappa shape index (κ2) is 7.51. The highest BCUT2D eigenvalue weighted by Gasteiger charge is 2.29. The molecule has 3 aromatic rings. The fourth-order valence-corrected chi connectivity index (χ4v) is 3.66. The van der Waals surface area contributed by atoms with E-state index < -0.39 is 10.9 Å². The number of nitrogens with one attached hydrogen (secondary N) is 1. The van der Waals surface area contributed by atoms with E-state index in [-0.39, 0.29) is 23.4 Å². The smallest absolute Gasteiger partial charge is 0.348 e. The van der Waals surface area contributed by atoms with Crippen molar-refractivity contribution in [2.45, 2.75) is 36.1 Å². The summed E-state index contributed by atoms with van der Waals surface area (Å²) in [6.45, 7) is 0.537. The Morgan fingerprint density at radius 3 is 2.48 bits per heavy atom. The number of carboxylic acid groups (broad SMARTS) is 1. The number of hydrogen-bond donors (Lipinski definition) is 2. The van der Waals surface area contributed by atoms with Crippen LogP contribution in [0.15, 0.2) is 46.3 Å². The van der Waals surface area contributed by atoms with Crippen LogP contribution in [0.4, 0.5) is 8.78 Å². The van der Waals surface area contributed by atoms with Crippen molar-refractivity contribution < 1.29 is 18.7 Å². The summed E-state index contributed by atoms with van der Waals surface area (Å²) in [5, 5.41) is 11.8. The van der Waals surface area contributed by atoms with Gasteiger partial charge in [-0.25, -0.2) is 14.5 Å². The molecule has 1 saturated carbocycles. The molecule has 0 unspecified atom stereocenters. The molecule has 0 bridgehead atoms. The molecule has 1 aromatic heterocycles. The lowest BCUT2D eigenvalue weighted by Crippen LogP contribution is -2.17. The van der Waals surface area contributed by atoms with Gasteiger partial charge < -0.3 is 5.11 Å². The number of aromatic amines is 1. The van der Waals surface area contributed by atoms with Gasteiger partial charge in [0, 0.05) is 12.3 Å². The first kappa shape index (κ1) is 19.1. The molecule has 0 atom stereocenters. The molecule has 0 saturated heterocycles. The lowest BCUT2D eigenvalue weighted by molar-refractivity contribution is -0.122. The SMILES string of the molecule is CC(F)(F)Sc1n[nH]c(=O)n1-c1ccc(C2CC2)c2ccccc12.O=CO. The molecule has 2 N–H and O–H groups in total. The van der Waals surface area contributed by atoms with Crippen LogP contribution in [0.5, 0.6) is 0 Å². The Morgan fingerprint density at radius 2 is 1.89 bits per heavy atom. The van der Waals surface area contributed by atoms with Crippen molar-refractivity contribution >= 4 is 29.0 Å². The average molecular weight is 393 g/mol. The number of aromatic nitrogens is 3. The number of halogens is 2. The third kappa shape index (κ3) is 4.19. The van der Waals surface area contributed by atoms with Crippen LogP contribution in [0.25, 0.3) is 16.5 Å². The average Bonchev–Trinajstić information content (AvgIpc) is 3.39. The molecule has 1 fully saturated rings. The van der Waals surface area contributed by atoms with Crippen LogP contribution in [0.2, 0.25) is 0 Å². The number of alkyl halides is 2. The van der Waals surface area contributed by atoms with Crippen molar-refractivity contribution in [1.29, 1.82) is 0 Å². The molecule has 0 spiro atoms. The lowest BCUT2D eigenvalue weighted by Gasteiger charge is -2.14. The van der Waals surface area contributed by atoms with Gasteiger partial charge in [0.2, 0.25) is 5.16 Å². The van der Waals surface area contributed by atoms with Gasteiger partial charge in [-0.1, -0.05) is 30.3 Å². The topological polar surface area (TPSA) is 88.0 Å². The van der Waals surface area contributed by atoms with E-state index in [0.29, 0.717) is 11.6 Å². The molecule has 4 rings (SSSR count). The number of hydrogen-bond acceptors (Lipinski definition) is 4. The van der Waals surface area contributed by atoms with E-state index in [2.05, 4.69) is 10.2 Å². The van der Waals surface area contributed by atoms with Crippen LogP contribution < -0.4 is 5.69 Å². The molecular formula is C18H17F2N3O3S. The molecule has 1 aliphatic carbocycles. The Kier molecular flexibility index (Phi) is 5.31. The number of H-pyrrole nitrogens is 1. The first-order valence-electron chi connectivity index (χ1n) is 8.20. The second-order valence-corrected chi connectivity index (χ2v) is 7.44. The van der Waals surface area contributed by atoms with Gasteiger partial charge in [0.15, 0.2) is 0 Å². The van der Waals surface area contributed by atoms with Gasteiger partial charge in [-0.15, -0.1) is 5.10 Å². The van der Waals surface area contributed by atoms with E-state index in [0.717, 1.165) is 30.5 Å². The van der Waals surface area contributed by atoms with Crippen molar-refractivity contribution in [2.75, 3.05) is 0 Å². The number of rotatable bonds is 4. The maximum Gasteiger partial charge on any atom is 0.348 e. The van der Waals surface area contributed by atoms with Crippen molar-refractivity contribution in [3.8, 4) is 5.69 Å². The van der Waals surface area contributed by atoms with E-state index >= 15 is 0 Å². The number of nitrogens with zero attached hydrogens (tertiary/aromatic N) is 2. The minimum Gasteiger partial charge on any atom is -0.483 e. The summed E-state index contributed by atoms with van der Waals surface area (Å²) in [6, 6.07) is 11.6. The van der Waals surface area contributed by atoms with E-state index in [1.165, 1.54) is 10.1 Å². The molecular weight excluding hydrogens is 376 g/mol. The molecule has 142 valence electrons. The number of carbonyl (C=O) groups is 1. The summed E-state index contributed by atoms with van der Waals surface area (Å²) in [7, 11) is 0. The molecule has 9 heteroatoms. The van der Waals surface area contributed by atoms with E-state index in [9.17, 15) is 13.6 Å². The minimum atomic E-state index is -3.02. The normalized spacial score (nSPS) is 13.9. The summed E-state index contributed by atoms with van der Waals surface area (Å²) in [5.41, 5.74) is 1.30. The molecule has 1 heterocycles. The number of thioether (sulfide) groups is 1. The molecule has 1 aliphatic rings. The van der Waals surface area contributed by atoms with Crippen LogP contribution in [-0.2, 0) is 4.79 Å². The zero-order chi connectivity index (χ0) is 19.6. The predicted octanol–water partition coefficient (Wildman–Crippen LogP) is 4.00. The molecule has 2 aromatic carbocycles. The zero-order valence-corrected chi connectivity index (χ0v) is 15.2. The third-order valence-electron chi connectivity index (χ3n) is 4.10. The Morgan fingerprint density at radius 1 is 1.26 bits per heavy atom. The van der Waals surface area contributed by atoms with Gasteiger partial charge >= 0.3 is 5.69 Å². The Labute approximate surface area is 157 Å². The Bertz CT molecular complexity index is 1020. The van der Waals surface area contributed by atoms with Crippen molar-refractivity contribution in [3.63, 3.8) is 0 Å². The molecule has 0 aliphatic heterocycles. The number of fused-ring (bicyclic) bond motifs is 1. The van der Waals surface area contributed by atoms with Gasteiger partial charge in [-0.2, -0.15) is 8.78 Å². The predicted molar refractivity (Wildman–Crippen MR) is 98.8 cm³/mol. The first-order valence-corrected chi connectivity index (χ1v) is 9.01. The van der Waals surface area contributed by atoms with Crippen molar-refractivity contribution in [3.05, 3.63) is 52.4 Å². The van der Waals surface area contributed by atoms with Gasteiger partial charge in [0.25, 0.3) is 11.7 Å². The first-order chi connectivity index (χ1) is 12.9. The largest absolute Gasteiger partial charge is 0.483 e. The Balaban J connectivity index is 0.000000659. The quantitative estimate of drug-likeness (QED) is 0.517. The van der Waals surface area contributed by atoms with Crippen LogP contribution in [0.3, 0.4) is 0 Å². The summed E-state index contributed by atoms with van der Waals surface area (Å²) in [4.78, 5) is 20.5. The highest BCUT2D eigenvalue weighted by Crippen LogP contribution is 2.44. The fraction of sp³-hybridized carbons (Fsp3) is 0.278. The fourth-order valence-electron chi connectivity index (χ4n) is 2.98. The highest BCUT2D eigenvalue weighted by atomic mass is 32.2. The van der Waals surface area contributed by atoms with Crippen LogP contribution in [-0.4, -0.2) is 31.6 Å². The summed E-state index contributed by atoms with van der Waals surface area (Å²) < 4.78 is 28.0. The van der Waals surface area contributed by atoms with Crippen LogP contribution in [0.1, 0.15) is 31.2 Å². The number of benzene rings is 2. The van der Waals surface area contributed by atoms with Gasteiger partial charge in [-0.05, 0) is 47.5 Å². The molecule has 27 heavy (non-hydrogen) atoms. The van der Waals surface area contributed by atoms with Gasteiger partial charge in [0.1, 0.15) is 0 Å². The highest BCUT2D eigenvalue weighted by molar-refractivity contribution is 8.00. The minimum absolute atomic E-state index is 0.0446. The Hall–Kier alpha value is -2.68. The van der Waals surface area contributed by atoms with Crippen molar-refractivity contribution in [1.82, 2.24) is 14.8 Å². The molecule has 6 nitrogen and oxygen atoms in total. The second-order valence-electron chi connectivity index (χ2n) is 6.16. The van der Waals surface area contributed by atoms with E-state index in [4.69, 9.17) is 9.90 Å². The monoisotopic (exact) mass is 393 g/mol. The molecule has 0 amide bonds. The van der Waals surface area contributed by atoms with Crippen LogP contribution >= 0.6 is 11.8 Å². The zero-order valence-electron chi connectivity index (χ0n) is 14.4. The van der Waals surface area contributed by atoms with E-state index in [1.54, 1.807) is 0 Å². The standard InChI is InChI=1S/C17H15F2N3OS.CH2O2/c1-17(18,19)24-16-21-20-15(23)22(16)14-9-8-11(10-6-7-10)12-4-2-3-5-13(12)14;2-1-3/h2-5,8-10H,6-7H2,1H3,(H,20,23);1H,(H,2,3). The lowest BCUT2D eigenvalue weighted by atomic mass is 9.99. The van der Waals surface area contributed by atoms with Gasteiger partial charge in [-0.3, -0.25) is 4.79 Å². The van der Waals surface area contributed by atoms with Crippen LogP contribution in [0, 0.1) is 0 Å². The van der Waals surface area contributed by atoms with Gasteiger partial charge in [0.05, 0.1) is 5.69 Å². The maximum atomic E-state index is 13.4. The van der Waals surface area contributed by atoms with E-state index in [1.807, 2.05) is 36.4 Å². The summed E-state index contributed by atoms with van der Waals surface area (Å²) in [5.74, 6) is 0.554. The summed E-state index contributed by atoms with van der Waals surface area (Å²) in [6.07, 6.45) is 2.33. The van der Waals surface area contributed by atoms with Crippen molar-refractivity contribution in [2.24, 2.45) is 0 Å². The molecule has 0 radical (unpaired) electrons.